The summed E-state index contributed by atoms with van der Waals surface area (Å²) in [5, 5.41) is 6.13. The van der Waals surface area contributed by atoms with Crippen molar-refractivity contribution >= 4 is 28.3 Å². The third kappa shape index (κ3) is 3.56. The van der Waals surface area contributed by atoms with E-state index in [2.05, 4.69) is 22.5 Å². The SMILES string of the molecule is CCc1ccc(NC(=O)Nc2ccc3nc4n(c(=O)c3c2)CCCC4)cc1. The van der Waals surface area contributed by atoms with Gasteiger partial charge in [-0.3, -0.25) is 9.36 Å². The van der Waals surface area contributed by atoms with E-state index in [4.69, 9.17) is 0 Å². The number of fused-ring (bicyclic) bond motifs is 2. The predicted octanol–water partition coefficient (Wildman–Crippen LogP) is 3.94. The van der Waals surface area contributed by atoms with Gasteiger partial charge in [-0.2, -0.15) is 0 Å². The number of aryl methyl sites for hydroxylation is 2. The summed E-state index contributed by atoms with van der Waals surface area (Å²) in [4.78, 5) is 29.6. The molecule has 2 heterocycles. The van der Waals surface area contributed by atoms with Crippen LogP contribution < -0.4 is 16.2 Å². The Morgan fingerprint density at radius 2 is 1.81 bits per heavy atom. The molecule has 0 unspecified atom stereocenters. The highest BCUT2D eigenvalue weighted by Crippen LogP contribution is 2.19. The number of amides is 2. The number of urea groups is 1. The van der Waals surface area contributed by atoms with E-state index in [0.29, 0.717) is 23.1 Å². The van der Waals surface area contributed by atoms with Crippen LogP contribution in [0.4, 0.5) is 16.2 Å². The number of rotatable bonds is 3. The predicted molar refractivity (Wildman–Crippen MR) is 107 cm³/mol. The molecule has 0 atom stereocenters. The first-order chi connectivity index (χ1) is 13.1. The molecule has 0 fully saturated rings. The summed E-state index contributed by atoms with van der Waals surface area (Å²) in [5.74, 6) is 0.854. The van der Waals surface area contributed by atoms with Crippen molar-refractivity contribution in [1.82, 2.24) is 9.55 Å². The highest BCUT2D eigenvalue weighted by molar-refractivity contribution is 6.00. The van der Waals surface area contributed by atoms with Crippen LogP contribution in [0.15, 0.2) is 47.3 Å². The van der Waals surface area contributed by atoms with Gasteiger partial charge in [-0.15, -0.1) is 0 Å². The van der Waals surface area contributed by atoms with E-state index >= 15 is 0 Å². The molecule has 0 saturated heterocycles. The van der Waals surface area contributed by atoms with E-state index in [1.54, 1.807) is 22.8 Å². The Morgan fingerprint density at radius 1 is 1.07 bits per heavy atom. The molecule has 0 aliphatic carbocycles. The van der Waals surface area contributed by atoms with Crippen LogP contribution in [0.1, 0.15) is 31.2 Å². The topological polar surface area (TPSA) is 76.0 Å². The fourth-order valence-electron chi connectivity index (χ4n) is 3.44. The summed E-state index contributed by atoms with van der Waals surface area (Å²) in [6.45, 7) is 2.80. The molecule has 1 aliphatic heterocycles. The van der Waals surface area contributed by atoms with Crippen molar-refractivity contribution < 1.29 is 4.79 Å². The summed E-state index contributed by atoms with van der Waals surface area (Å²) in [7, 11) is 0. The van der Waals surface area contributed by atoms with Crippen LogP contribution in [0.3, 0.4) is 0 Å². The number of nitrogens with one attached hydrogen (secondary N) is 2. The second kappa shape index (κ2) is 7.23. The highest BCUT2D eigenvalue weighted by Gasteiger charge is 2.15. The maximum absolute atomic E-state index is 12.8. The molecule has 2 N–H and O–H groups in total. The van der Waals surface area contributed by atoms with E-state index in [1.807, 2.05) is 24.3 Å². The first kappa shape index (κ1) is 17.3. The molecule has 0 radical (unpaired) electrons. The number of benzene rings is 2. The van der Waals surface area contributed by atoms with Gasteiger partial charge in [-0.25, -0.2) is 9.78 Å². The molecule has 1 aromatic heterocycles. The van der Waals surface area contributed by atoms with E-state index < -0.39 is 0 Å². The van der Waals surface area contributed by atoms with E-state index in [9.17, 15) is 9.59 Å². The maximum Gasteiger partial charge on any atom is 0.323 e. The molecule has 138 valence electrons. The van der Waals surface area contributed by atoms with Crippen molar-refractivity contribution in [3.05, 3.63) is 64.2 Å². The standard InChI is InChI=1S/C21H22N4O2/c1-2-14-6-8-15(9-7-14)22-21(27)23-16-10-11-18-17(13-16)20(26)25-12-4-3-5-19(25)24-18/h6-11,13H,2-5,12H2,1H3,(H2,22,23,27). The molecule has 27 heavy (non-hydrogen) atoms. The summed E-state index contributed by atoms with van der Waals surface area (Å²) in [6.07, 6.45) is 3.86. The van der Waals surface area contributed by atoms with E-state index in [1.165, 1.54) is 5.56 Å². The third-order valence-corrected chi connectivity index (χ3v) is 4.94. The summed E-state index contributed by atoms with van der Waals surface area (Å²) in [6, 6.07) is 12.6. The van der Waals surface area contributed by atoms with Gasteiger partial charge in [-0.05, 0) is 55.2 Å². The summed E-state index contributed by atoms with van der Waals surface area (Å²) in [5.41, 5.74) is 3.15. The monoisotopic (exact) mass is 362 g/mol. The van der Waals surface area contributed by atoms with Crippen molar-refractivity contribution in [3.63, 3.8) is 0 Å². The minimum absolute atomic E-state index is 0.0334. The Bertz CT molecular complexity index is 1050. The number of hydrogen-bond acceptors (Lipinski definition) is 3. The molecule has 6 nitrogen and oxygen atoms in total. The molecule has 0 saturated carbocycles. The minimum atomic E-state index is -0.343. The lowest BCUT2D eigenvalue weighted by atomic mass is 10.1. The van der Waals surface area contributed by atoms with Crippen LogP contribution in [0.25, 0.3) is 10.9 Å². The summed E-state index contributed by atoms with van der Waals surface area (Å²) >= 11 is 0. The second-order valence-corrected chi connectivity index (χ2v) is 6.80. The first-order valence-electron chi connectivity index (χ1n) is 9.34. The van der Waals surface area contributed by atoms with Crippen molar-refractivity contribution in [1.29, 1.82) is 0 Å². The van der Waals surface area contributed by atoms with Gasteiger partial charge in [0.25, 0.3) is 5.56 Å². The largest absolute Gasteiger partial charge is 0.323 e. The Balaban J connectivity index is 1.55. The average molecular weight is 362 g/mol. The number of carbonyl (C=O) groups is 1. The van der Waals surface area contributed by atoms with Gasteiger partial charge >= 0.3 is 6.03 Å². The lowest BCUT2D eigenvalue weighted by Crippen LogP contribution is -2.28. The fourth-order valence-corrected chi connectivity index (χ4v) is 3.44. The van der Waals surface area contributed by atoms with Gasteiger partial charge in [0.2, 0.25) is 0 Å². The minimum Gasteiger partial charge on any atom is -0.308 e. The zero-order valence-electron chi connectivity index (χ0n) is 15.3. The van der Waals surface area contributed by atoms with Gasteiger partial charge in [0, 0.05) is 24.3 Å². The maximum atomic E-state index is 12.8. The van der Waals surface area contributed by atoms with Crippen LogP contribution >= 0.6 is 0 Å². The van der Waals surface area contributed by atoms with Gasteiger partial charge in [0.05, 0.1) is 10.9 Å². The number of nitrogens with zero attached hydrogens (tertiary/aromatic N) is 2. The van der Waals surface area contributed by atoms with E-state index in [0.717, 1.165) is 37.2 Å². The van der Waals surface area contributed by atoms with Crippen molar-refractivity contribution in [2.24, 2.45) is 0 Å². The number of aromatic nitrogens is 2. The van der Waals surface area contributed by atoms with Crippen molar-refractivity contribution in [2.75, 3.05) is 10.6 Å². The van der Waals surface area contributed by atoms with Crippen LogP contribution in [-0.2, 0) is 19.4 Å². The first-order valence-corrected chi connectivity index (χ1v) is 9.34. The van der Waals surface area contributed by atoms with E-state index in [-0.39, 0.29) is 11.6 Å². The normalized spacial score (nSPS) is 13.2. The number of anilines is 2. The van der Waals surface area contributed by atoms with Crippen LogP contribution in [0.5, 0.6) is 0 Å². The Hall–Kier alpha value is -3.15. The third-order valence-electron chi connectivity index (χ3n) is 4.94. The van der Waals surface area contributed by atoms with Crippen LogP contribution in [0.2, 0.25) is 0 Å². The zero-order chi connectivity index (χ0) is 18.8. The van der Waals surface area contributed by atoms with Gasteiger partial charge in [0.1, 0.15) is 5.82 Å². The molecular weight excluding hydrogens is 340 g/mol. The molecule has 4 rings (SSSR count). The lowest BCUT2D eigenvalue weighted by molar-refractivity contribution is 0.262. The molecule has 2 aromatic carbocycles. The Labute approximate surface area is 157 Å². The molecule has 6 heteroatoms. The molecule has 0 spiro atoms. The van der Waals surface area contributed by atoms with Gasteiger partial charge < -0.3 is 10.6 Å². The fraction of sp³-hybridized carbons (Fsp3) is 0.286. The van der Waals surface area contributed by atoms with Crippen LogP contribution in [-0.4, -0.2) is 15.6 Å². The quantitative estimate of drug-likeness (QED) is 0.741. The average Bonchev–Trinajstić information content (AvgIpc) is 2.69. The lowest BCUT2D eigenvalue weighted by Gasteiger charge is -2.18. The number of hydrogen-bond donors (Lipinski definition) is 2. The van der Waals surface area contributed by atoms with Crippen molar-refractivity contribution in [3.8, 4) is 0 Å². The van der Waals surface area contributed by atoms with Gasteiger partial charge in [0.15, 0.2) is 0 Å². The second-order valence-electron chi connectivity index (χ2n) is 6.80. The van der Waals surface area contributed by atoms with Crippen molar-refractivity contribution in [2.45, 2.75) is 39.2 Å². The zero-order valence-corrected chi connectivity index (χ0v) is 15.3. The molecule has 3 aromatic rings. The molecular formula is C21H22N4O2. The molecule has 0 bridgehead atoms. The molecule has 1 aliphatic rings. The molecule has 2 amide bonds. The smallest absolute Gasteiger partial charge is 0.308 e. The van der Waals surface area contributed by atoms with Crippen LogP contribution in [0, 0.1) is 0 Å². The summed E-state index contributed by atoms with van der Waals surface area (Å²) < 4.78 is 1.75. The number of carbonyl (C=O) groups excluding carboxylic acids is 1. The Morgan fingerprint density at radius 3 is 2.59 bits per heavy atom. The van der Waals surface area contributed by atoms with Gasteiger partial charge in [-0.1, -0.05) is 19.1 Å². The highest BCUT2D eigenvalue weighted by atomic mass is 16.2. The Kier molecular flexibility index (Phi) is 4.62.